The first-order valence-electron chi connectivity index (χ1n) is 5.35. The predicted molar refractivity (Wildman–Crippen MR) is 57.7 cm³/mol. The fourth-order valence-corrected chi connectivity index (χ4v) is 2.83. The summed E-state index contributed by atoms with van der Waals surface area (Å²) in [4.78, 5) is 0. The first kappa shape index (κ1) is 11.9. The van der Waals surface area contributed by atoms with Gasteiger partial charge in [-0.3, -0.25) is 0 Å². The lowest BCUT2D eigenvalue weighted by molar-refractivity contribution is 0.549. The van der Waals surface area contributed by atoms with Crippen LogP contribution < -0.4 is 10.0 Å². The van der Waals surface area contributed by atoms with Gasteiger partial charge in [0.05, 0.1) is 5.75 Å². The molecule has 2 N–H and O–H groups in total. The summed E-state index contributed by atoms with van der Waals surface area (Å²) in [6, 6.07) is 0.339. The van der Waals surface area contributed by atoms with Crippen molar-refractivity contribution in [1.29, 1.82) is 0 Å². The maximum atomic E-state index is 11.4. The minimum atomic E-state index is -3.02. The molecule has 1 fully saturated rings. The molecular weight excluding hydrogens is 200 g/mol. The number of hydrogen-bond donors (Lipinski definition) is 2. The van der Waals surface area contributed by atoms with Gasteiger partial charge in [-0.25, -0.2) is 13.1 Å². The molecule has 0 bridgehead atoms. The third kappa shape index (κ3) is 4.39. The molecule has 1 saturated heterocycles. The molecule has 1 aliphatic heterocycles. The van der Waals surface area contributed by atoms with Crippen LogP contribution in [0.1, 0.15) is 32.6 Å². The molecule has 14 heavy (non-hydrogen) atoms. The number of rotatable bonds is 6. The van der Waals surface area contributed by atoms with Crippen LogP contribution in [0.4, 0.5) is 0 Å². The molecule has 0 aromatic rings. The van der Waals surface area contributed by atoms with Crippen molar-refractivity contribution in [1.82, 2.24) is 10.0 Å². The highest BCUT2D eigenvalue weighted by atomic mass is 32.2. The summed E-state index contributed by atoms with van der Waals surface area (Å²) >= 11 is 0. The molecule has 0 unspecified atom stereocenters. The van der Waals surface area contributed by atoms with E-state index < -0.39 is 10.0 Å². The molecule has 84 valence electrons. The molecule has 1 aliphatic rings. The van der Waals surface area contributed by atoms with E-state index >= 15 is 0 Å². The molecule has 0 saturated carbocycles. The molecule has 0 aromatic heterocycles. The molecule has 0 amide bonds. The Labute approximate surface area is 86.5 Å². The number of unbranched alkanes of at least 4 members (excludes halogenated alkanes) is 1. The van der Waals surface area contributed by atoms with Crippen LogP contribution in [-0.4, -0.2) is 33.3 Å². The molecule has 1 atom stereocenters. The van der Waals surface area contributed by atoms with Gasteiger partial charge in [0.15, 0.2) is 0 Å². The van der Waals surface area contributed by atoms with Gasteiger partial charge in [0.1, 0.15) is 0 Å². The van der Waals surface area contributed by atoms with Crippen molar-refractivity contribution in [3.63, 3.8) is 0 Å². The Morgan fingerprint density at radius 2 is 2.29 bits per heavy atom. The smallest absolute Gasteiger partial charge is 0.211 e. The van der Waals surface area contributed by atoms with Crippen molar-refractivity contribution in [2.24, 2.45) is 0 Å². The number of nitrogens with one attached hydrogen (secondary N) is 2. The van der Waals surface area contributed by atoms with Crippen LogP contribution in [0.3, 0.4) is 0 Å². The SMILES string of the molecule is CCCCS(=O)(=O)NC[C@@H]1CCCN1. The second-order valence-electron chi connectivity index (χ2n) is 3.81. The molecule has 1 heterocycles. The van der Waals surface area contributed by atoms with E-state index in [1.807, 2.05) is 6.92 Å². The van der Waals surface area contributed by atoms with E-state index in [0.29, 0.717) is 12.6 Å². The van der Waals surface area contributed by atoms with Gasteiger partial charge in [0.2, 0.25) is 10.0 Å². The second kappa shape index (κ2) is 5.68. The van der Waals surface area contributed by atoms with Gasteiger partial charge in [0.25, 0.3) is 0 Å². The lowest BCUT2D eigenvalue weighted by atomic mass is 10.2. The van der Waals surface area contributed by atoms with Crippen LogP contribution in [0, 0.1) is 0 Å². The first-order chi connectivity index (χ1) is 6.64. The quantitative estimate of drug-likeness (QED) is 0.683. The third-order valence-electron chi connectivity index (χ3n) is 2.48. The molecule has 5 heteroatoms. The van der Waals surface area contributed by atoms with Gasteiger partial charge in [-0.15, -0.1) is 0 Å². The van der Waals surface area contributed by atoms with Gasteiger partial charge >= 0.3 is 0 Å². The monoisotopic (exact) mass is 220 g/mol. The van der Waals surface area contributed by atoms with Crippen LogP contribution in [-0.2, 0) is 10.0 Å². The fraction of sp³-hybridized carbons (Fsp3) is 1.00. The van der Waals surface area contributed by atoms with Crippen LogP contribution in [0.15, 0.2) is 0 Å². The summed E-state index contributed by atoms with van der Waals surface area (Å²) in [5.74, 6) is 0.260. The Bertz CT molecular complexity index is 246. The zero-order chi connectivity index (χ0) is 10.4. The van der Waals surface area contributed by atoms with Crippen molar-refractivity contribution >= 4 is 10.0 Å². The lowest BCUT2D eigenvalue weighted by Crippen LogP contribution is -2.38. The molecule has 0 aromatic carbocycles. The number of sulfonamides is 1. The summed E-state index contributed by atoms with van der Waals surface area (Å²) in [5.41, 5.74) is 0. The normalized spacial score (nSPS) is 22.8. The van der Waals surface area contributed by atoms with Crippen LogP contribution in [0.2, 0.25) is 0 Å². The van der Waals surface area contributed by atoms with Crippen molar-refractivity contribution < 1.29 is 8.42 Å². The Balaban J connectivity index is 2.21. The van der Waals surface area contributed by atoms with E-state index in [1.165, 1.54) is 0 Å². The van der Waals surface area contributed by atoms with E-state index in [9.17, 15) is 8.42 Å². The maximum Gasteiger partial charge on any atom is 0.211 e. The second-order valence-corrected chi connectivity index (χ2v) is 5.74. The van der Waals surface area contributed by atoms with E-state index in [0.717, 1.165) is 32.2 Å². The zero-order valence-corrected chi connectivity index (χ0v) is 9.57. The molecule has 1 rings (SSSR count). The van der Waals surface area contributed by atoms with Crippen LogP contribution in [0.25, 0.3) is 0 Å². The van der Waals surface area contributed by atoms with E-state index in [2.05, 4.69) is 10.0 Å². The summed E-state index contributed by atoms with van der Waals surface area (Å²) in [6.07, 6.45) is 3.90. The van der Waals surface area contributed by atoms with Gasteiger partial charge in [-0.2, -0.15) is 0 Å². The Morgan fingerprint density at radius 3 is 2.86 bits per heavy atom. The topological polar surface area (TPSA) is 58.2 Å². The highest BCUT2D eigenvalue weighted by Crippen LogP contribution is 2.04. The van der Waals surface area contributed by atoms with Gasteiger partial charge in [-0.1, -0.05) is 13.3 Å². The molecule has 0 radical (unpaired) electrons. The summed E-state index contributed by atoms with van der Waals surface area (Å²) in [5, 5.41) is 3.26. The summed E-state index contributed by atoms with van der Waals surface area (Å²) in [6.45, 7) is 3.56. The Hall–Kier alpha value is -0.130. The molecule has 4 nitrogen and oxygen atoms in total. The maximum absolute atomic E-state index is 11.4. The highest BCUT2D eigenvalue weighted by Gasteiger charge is 2.16. The van der Waals surface area contributed by atoms with Crippen molar-refractivity contribution in [2.75, 3.05) is 18.8 Å². The fourth-order valence-electron chi connectivity index (χ4n) is 1.57. The first-order valence-corrected chi connectivity index (χ1v) is 7.00. The van der Waals surface area contributed by atoms with Crippen LogP contribution >= 0.6 is 0 Å². The minimum absolute atomic E-state index is 0.260. The highest BCUT2D eigenvalue weighted by molar-refractivity contribution is 7.89. The van der Waals surface area contributed by atoms with Crippen molar-refractivity contribution in [3.05, 3.63) is 0 Å². The average molecular weight is 220 g/mol. The summed E-state index contributed by atoms with van der Waals surface area (Å²) in [7, 11) is -3.02. The third-order valence-corrected chi connectivity index (χ3v) is 3.91. The van der Waals surface area contributed by atoms with E-state index in [1.54, 1.807) is 0 Å². The molecule has 0 spiro atoms. The number of hydrogen-bond acceptors (Lipinski definition) is 3. The summed E-state index contributed by atoms with van der Waals surface area (Å²) < 4.78 is 25.5. The predicted octanol–water partition coefficient (Wildman–Crippen LogP) is 0.458. The largest absolute Gasteiger partial charge is 0.313 e. The van der Waals surface area contributed by atoms with Crippen LogP contribution in [0.5, 0.6) is 0 Å². The van der Waals surface area contributed by atoms with Crippen molar-refractivity contribution in [3.8, 4) is 0 Å². The Morgan fingerprint density at radius 1 is 1.50 bits per heavy atom. The van der Waals surface area contributed by atoms with Gasteiger partial charge in [0, 0.05) is 12.6 Å². The van der Waals surface area contributed by atoms with Gasteiger partial charge in [-0.05, 0) is 25.8 Å². The Kier molecular flexibility index (Phi) is 4.84. The molecular formula is C9H20N2O2S. The molecule has 0 aliphatic carbocycles. The van der Waals surface area contributed by atoms with E-state index in [-0.39, 0.29) is 5.75 Å². The average Bonchev–Trinajstić information content (AvgIpc) is 2.64. The lowest BCUT2D eigenvalue weighted by Gasteiger charge is -2.11. The van der Waals surface area contributed by atoms with Gasteiger partial charge < -0.3 is 5.32 Å². The van der Waals surface area contributed by atoms with E-state index in [4.69, 9.17) is 0 Å². The zero-order valence-electron chi connectivity index (χ0n) is 8.75. The standard InChI is InChI=1S/C9H20N2O2S/c1-2-3-7-14(12,13)11-8-9-5-4-6-10-9/h9-11H,2-8H2,1H3/t9-/m0/s1. The minimum Gasteiger partial charge on any atom is -0.313 e. The van der Waals surface area contributed by atoms with Crippen molar-refractivity contribution in [2.45, 2.75) is 38.6 Å².